The first-order chi connectivity index (χ1) is 17.2. The molecule has 1 aromatic carbocycles. The second-order valence-electron chi connectivity index (χ2n) is 11.0. The van der Waals surface area contributed by atoms with Gasteiger partial charge in [-0.15, -0.1) is 0 Å². The first-order valence-corrected chi connectivity index (χ1v) is 12.6. The van der Waals surface area contributed by atoms with E-state index in [0.29, 0.717) is 18.8 Å². The van der Waals surface area contributed by atoms with E-state index in [2.05, 4.69) is 29.0 Å². The molecule has 0 unspecified atom stereocenters. The minimum absolute atomic E-state index is 0.0153. The number of dihydropyridines is 1. The number of likely N-dealkylation sites (tertiary alicyclic amines) is 1. The maximum absolute atomic E-state index is 14.5. The number of amides is 1. The van der Waals surface area contributed by atoms with Gasteiger partial charge in [0.2, 0.25) is 0 Å². The molecule has 6 rings (SSSR count). The molecule has 6 nitrogen and oxygen atoms in total. The molecule has 1 saturated carbocycles. The number of fused-ring (bicyclic) bond motifs is 5. The normalized spacial score (nSPS) is 28.3. The first-order valence-electron chi connectivity index (χ1n) is 12.6. The Hall–Kier alpha value is -3.29. The first kappa shape index (κ1) is 23.1. The highest BCUT2D eigenvalue weighted by Gasteiger charge is 2.66. The molecule has 186 valence electrons. The van der Waals surface area contributed by atoms with Crippen molar-refractivity contribution in [3.8, 4) is 11.3 Å². The fourth-order valence-electron chi connectivity index (χ4n) is 7.45. The quantitative estimate of drug-likeness (QED) is 0.639. The molecule has 0 radical (unpaired) electrons. The average Bonchev–Trinajstić information content (AvgIpc) is 3.25. The number of ketones is 1. The number of carbonyl (C=O) groups excluding carboxylic acids is 2. The van der Waals surface area contributed by atoms with Crippen molar-refractivity contribution in [2.24, 2.45) is 16.3 Å². The SMILES string of the molecule is CC1(C)[C@H]2CC[C@]1([C@H]1CCCN(C(=O)C3=NCC(=O)C=C3)C1)c1nnc(-c3c(F)cccc3F)cc12. The third kappa shape index (κ3) is 3.15. The largest absolute Gasteiger partial charge is 0.337 e. The standard InChI is InChI=1S/C28H28F2N4O2/c1-27(2)19-10-11-28(27,16-5-4-12-34(15-16)26(36)22-9-8-17(35)14-31-22)25-18(19)13-23(32-33-25)24-20(29)6-3-7-21(24)30/h3,6-9,13,16,19H,4-5,10-12,14-15H2,1-2H3/t16-,19-,28-/m0/s1. The van der Waals surface area contributed by atoms with Gasteiger partial charge in [0.1, 0.15) is 23.9 Å². The highest BCUT2D eigenvalue weighted by Crippen LogP contribution is 2.70. The summed E-state index contributed by atoms with van der Waals surface area (Å²) in [7, 11) is 0. The van der Waals surface area contributed by atoms with Crippen LogP contribution >= 0.6 is 0 Å². The summed E-state index contributed by atoms with van der Waals surface area (Å²) in [6, 6.07) is 5.65. The third-order valence-corrected chi connectivity index (χ3v) is 9.15. The van der Waals surface area contributed by atoms with Gasteiger partial charge in [-0.3, -0.25) is 14.6 Å². The number of piperidine rings is 1. The summed E-state index contributed by atoms with van der Waals surface area (Å²) in [5.74, 6) is -1.15. The number of hydrogen-bond donors (Lipinski definition) is 0. The molecule has 2 aliphatic carbocycles. The maximum Gasteiger partial charge on any atom is 0.272 e. The summed E-state index contributed by atoms with van der Waals surface area (Å²) in [6.45, 7) is 5.77. The van der Waals surface area contributed by atoms with Crippen LogP contribution in [0.25, 0.3) is 11.3 Å². The lowest BCUT2D eigenvalue weighted by Crippen LogP contribution is -2.52. The molecule has 36 heavy (non-hydrogen) atoms. The van der Waals surface area contributed by atoms with Crippen molar-refractivity contribution < 1.29 is 18.4 Å². The fraction of sp³-hybridized carbons (Fsp3) is 0.464. The zero-order chi connectivity index (χ0) is 25.2. The topological polar surface area (TPSA) is 75.5 Å². The van der Waals surface area contributed by atoms with Gasteiger partial charge in [-0.1, -0.05) is 19.9 Å². The molecule has 2 aliphatic heterocycles. The Balaban J connectivity index is 1.36. The summed E-state index contributed by atoms with van der Waals surface area (Å²) >= 11 is 0. The molecule has 2 bridgehead atoms. The van der Waals surface area contributed by atoms with Crippen molar-refractivity contribution in [3.05, 3.63) is 59.3 Å². The molecule has 2 fully saturated rings. The second-order valence-corrected chi connectivity index (χ2v) is 11.0. The number of hydrogen-bond acceptors (Lipinski definition) is 5. The van der Waals surface area contributed by atoms with Gasteiger partial charge in [-0.2, -0.15) is 10.2 Å². The lowest BCUT2D eigenvalue weighted by Gasteiger charge is -2.48. The smallest absolute Gasteiger partial charge is 0.272 e. The van der Waals surface area contributed by atoms with Crippen molar-refractivity contribution in [3.63, 3.8) is 0 Å². The molecule has 3 heterocycles. The van der Waals surface area contributed by atoms with Gasteiger partial charge in [-0.25, -0.2) is 8.78 Å². The molecule has 2 aromatic rings. The Labute approximate surface area is 208 Å². The summed E-state index contributed by atoms with van der Waals surface area (Å²) in [5.41, 5.74) is 1.95. The van der Waals surface area contributed by atoms with E-state index in [0.717, 1.165) is 36.9 Å². The Morgan fingerprint density at radius 1 is 1.11 bits per heavy atom. The van der Waals surface area contributed by atoms with Crippen molar-refractivity contribution in [1.29, 1.82) is 0 Å². The molecular formula is C28H28F2N4O2. The highest BCUT2D eigenvalue weighted by molar-refractivity contribution is 6.44. The summed E-state index contributed by atoms with van der Waals surface area (Å²) in [5, 5.41) is 8.98. The number of benzene rings is 1. The predicted octanol–water partition coefficient (Wildman–Crippen LogP) is 4.40. The molecule has 3 atom stereocenters. The van der Waals surface area contributed by atoms with Crippen molar-refractivity contribution in [1.82, 2.24) is 15.1 Å². The van der Waals surface area contributed by atoms with E-state index in [1.54, 1.807) is 0 Å². The minimum atomic E-state index is -0.649. The van der Waals surface area contributed by atoms with E-state index in [9.17, 15) is 18.4 Å². The number of halogens is 2. The van der Waals surface area contributed by atoms with Gasteiger partial charge in [0.05, 0.1) is 17.0 Å². The lowest BCUT2D eigenvalue weighted by atomic mass is 9.59. The van der Waals surface area contributed by atoms with Gasteiger partial charge in [0.25, 0.3) is 5.91 Å². The van der Waals surface area contributed by atoms with Crippen LogP contribution < -0.4 is 0 Å². The van der Waals surface area contributed by atoms with E-state index in [1.807, 2.05) is 11.0 Å². The third-order valence-electron chi connectivity index (χ3n) is 9.15. The van der Waals surface area contributed by atoms with Crippen LogP contribution in [0, 0.1) is 23.0 Å². The van der Waals surface area contributed by atoms with Crippen molar-refractivity contribution in [2.45, 2.75) is 50.9 Å². The zero-order valence-corrected chi connectivity index (χ0v) is 20.4. The van der Waals surface area contributed by atoms with Crippen LogP contribution in [0.2, 0.25) is 0 Å². The molecule has 8 heteroatoms. The predicted molar refractivity (Wildman–Crippen MR) is 131 cm³/mol. The van der Waals surface area contributed by atoms with Crippen LogP contribution in [0.1, 0.15) is 56.7 Å². The van der Waals surface area contributed by atoms with Crippen molar-refractivity contribution in [2.75, 3.05) is 19.6 Å². The molecule has 0 spiro atoms. The Kier molecular flexibility index (Phi) is 5.21. The molecule has 1 aromatic heterocycles. The van der Waals surface area contributed by atoms with Crippen LogP contribution in [-0.2, 0) is 15.0 Å². The number of aromatic nitrogens is 2. The maximum atomic E-state index is 14.5. The average molecular weight is 491 g/mol. The Bertz CT molecular complexity index is 1330. The number of carbonyl (C=O) groups is 2. The highest BCUT2D eigenvalue weighted by atomic mass is 19.1. The van der Waals surface area contributed by atoms with Gasteiger partial charge in [0, 0.05) is 18.5 Å². The monoisotopic (exact) mass is 490 g/mol. The van der Waals surface area contributed by atoms with Gasteiger partial charge < -0.3 is 4.90 Å². The van der Waals surface area contributed by atoms with Gasteiger partial charge in [0.15, 0.2) is 5.78 Å². The van der Waals surface area contributed by atoms with Crippen LogP contribution in [0.3, 0.4) is 0 Å². The minimum Gasteiger partial charge on any atom is -0.337 e. The molecule has 0 N–H and O–H groups in total. The summed E-state index contributed by atoms with van der Waals surface area (Å²) < 4.78 is 29.0. The summed E-state index contributed by atoms with van der Waals surface area (Å²) in [6.07, 6.45) is 6.69. The van der Waals surface area contributed by atoms with E-state index in [1.165, 1.54) is 30.4 Å². The lowest BCUT2D eigenvalue weighted by molar-refractivity contribution is -0.126. The van der Waals surface area contributed by atoms with E-state index >= 15 is 0 Å². The van der Waals surface area contributed by atoms with E-state index < -0.39 is 11.6 Å². The van der Waals surface area contributed by atoms with Gasteiger partial charge in [-0.05, 0) is 78.8 Å². The second kappa shape index (κ2) is 8.11. The summed E-state index contributed by atoms with van der Waals surface area (Å²) in [4.78, 5) is 30.8. The molecule has 1 saturated heterocycles. The molecule has 4 aliphatic rings. The Morgan fingerprint density at radius 2 is 1.89 bits per heavy atom. The number of nitrogens with zero attached hydrogens (tertiary/aromatic N) is 4. The van der Waals surface area contributed by atoms with Crippen LogP contribution in [0.15, 0.2) is 41.4 Å². The van der Waals surface area contributed by atoms with Crippen LogP contribution in [0.4, 0.5) is 8.78 Å². The number of rotatable bonds is 3. The van der Waals surface area contributed by atoms with E-state index in [4.69, 9.17) is 0 Å². The molecular weight excluding hydrogens is 462 g/mol. The van der Waals surface area contributed by atoms with Crippen LogP contribution in [0.5, 0.6) is 0 Å². The Morgan fingerprint density at radius 3 is 2.61 bits per heavy atom. The molecule has 1 amide bonds. The van der Waals surface area contributed by atoms with E-state index in [-0.39, 0.29) is 52.2 Å². The van der Waals surface area contributed by atoms with Gasteiger partial charge >= 0.3 is 0 Å². The zero-order valence-electron chi connectivity index (χ0n) is 20.4. The number of aliphatic imine (C=N–C) groups is 1. The van der Waals surface area contributed by atoms with Crippen LogP contribution in [-0.4, -0.2) is 52.1 Å². The fourth-order valence-corrected chi connectivity index (χ4v) is 7.45. The van der Waals surface area contributed by atoms with Crippen molar-refractivity contribution >= 4 is 17.4 Å².